The molecule has 0 saturated carbocycles. The molecular weight excluding hydrogens is 114 g/mol. The Morgan fingerprint density at radius 2 is 2.56 bits per heavy atom. The van der Waals surface area contributed by atoms with E-state index in [0.717, 1.165) is 0 Å². The van der Waals surface area contributed by atoms with Crippen LogP contribution in [-0.4, -0.2) is 12.5 Å². The van der Waals surface area contributed by atoms with Gasteiger partial charge in [-0.2, -0.15) is 0 Å². The summed E-state index contributed by atoms with van der Waals surface area (Å²) >= 11 is 0. The summed E-state index contributed by atoms with van der Waals surface area (Å²) in [6.45, 7) is 2.39. The zero-order valence-electron chi connectivity index (χ0n) is 5.35. The Balaban J connectivity index is 3.31. The molecular formula is C7H9NO. The van der Waals surface area contributed by atoms with Crippen LogP contribution in [0.25, 0.3) is 0 Å². The van der Waals surface area contributed by atoms with E-state index in [4.69, 9.17) is 6.42 Å². The molecule has 0 aromatic carbocycles. The maximum atomic E-state index is 10.3. The van der Waals surface area contributed by atoms with Gasteiger partial charge in [-0.1, -0.05) is 12.2 Å². The van der Waals surface area contributed by atoms with E-state index < -0.39 is 0 Å². The third-order valence-electron chi connectivity index (χ3n) is 0.747. The molecule has 9 heavy (non-hydrogen) atoms. The molecule has 0 unspecified atom stereocenters. The smallest absolute Gasteiger partial charge is 0.295 e. The Morgan fingerprint density at radius 1 is 1.89 bits per heavy atom. The first-order valence-electron chi connectivity index (χ1n) is 2.67. The van der Waals surface area contributed by atoms with Crippen LogP contribution in [0.3, 0.4) is 0 Å². The number of allylic oxidation sites excluding steroid dienone is 1. The van der Waals surface area contributed by atoms with Crippen molar-refractivity contribution in [3.8, 4) is 12.3 Å². The summed E-state index contributed by atoms with van der Waals surface area (Å²) in [5.41, 5.74) is 0. The monoisotopic (exact) mass is 123 g/mol. The number of carbonyl (C=O) groups is 1. The fourth-order valence-electron chi connectivity index (χ4n) is 0.321. The van der Waals surface area contributed by atoms with E-state index in [1.165, 1.54) is 0 Å². The second kappa shape index (κ2) is 4.92. The van der Waals surface area contributed by atoms with Gasteiger partial charge in [0.25, 0.3) is 5.91 Å². The number of terminal acetylenes is 1. The fourth-order valence-corrected chi connectivity index (χ4v) is 0.321. The normalized spacial score (nSPS) is 8.89. The van der Waals surface area contributed by atoms with Crippen LogP contribution in [0.2, 0.25) is 0 Å². The van der Waals surface area contributed by atoms with Gasteiger partial charge in [-0.25, -0.2) is 0 Å². The van der Waals surface area contributed by atoms with Crippen LogP contribution in [0.4, 0.5) is 0 Å². The number of hydrogen-bond donors (Lipinski definition) is 1. The second-order valence-corrected chi connectivity index (χ2v) is 1.42. The molecule has 0 heterocycles. The SMILES string of the molecule is C#CC(=O)NC/C=C/C. The molecule has 0 aromatic rings. The lowest BCUT2D eigenvalue weighted by molar-refractivity contribution is -0.115. The molecule has 1 N–H and O–H groups in total. The fraction of sp³-hybridized carbons (Fsp3) is 0.286. The number of carbonyl (C=O) groups excluding carboxylic acids is 1. The molecule has 0 aliphatic heterocycles. The first-order valence-corrected chi connectivity index (χ1v) is 2.67. The van der Waals surface area contributed by atoms with E-state index in [-0.39, 0.29) is 5.91 Å². The van der Waals surface area contributed by atoms with Crippen molar-refractivity contribution in [2.24, 2.45) is 0 Å². The molecule has 0 aliphatic carbocycles. The summed E-state index contributed by atoms with van der Waals surface area (Å²) in [7, 11) is 0. The summed E-state index contributed by atoms with van der Waals surface area (Å²) in [6.07, 6.45) is 8.43. The molecule has 0 bridgehead atoms. The highest BCUT2D eigenvalue weighted by Crippen LogP contribution is 1.66. The van der Waals surface area contributed by atoms with Gasteiger partial charge in [0.15, 0.2) is 0 Å². The van der Waals surface area contributed by atoms with Crippen LogP contribution in [0.5, 0.6) is 0 Å². The minimum absolute atomic E-state index is 0.367. The highest BCUT2D eigenvalue weighted by Gasteiger charge is 1.86. The molecule has 48 valence electrons. The molecule has 0 fully saturated rings. The van der Waals surface area contributed by atoms with Crippen molar-refractivity contribution in [2.45, 2.75) is 6.92 Å². The van der Waals surface area contributed by atoms with E-state index >= 15 is 0 Å². The highest BCUT2D eigenvalue weighted by molar-refractivity contribution is 5.92. The largest absolute Gasteiger partial charge is 0.342 e. The Bertz CT molecular complexity index is 153. The van der Waals surface area contributed by atoms with Crippen LogP contribution in [0.1, 0.15) is 6.92 Å². The Morgan fingerprint density at radius 3 is 3.00 bits per heavy atom. The average Bonchev–Trinajstić information content (AvgIpc) is 1.89. The number of amides is 1. The van der Waals surface area contributed by atoms with Crippen LogP contribution in [0, 0.1) is 12.3 Å². The van der Waals surface area contributed by atoms with E-state index in [0.29, 0.717) is 6.54 Å². The van der Waals surface area contributed by atoms with Crippen LogP contribution < -0.4 is 5.32 Å². The van der Waals surface area contributed by atoms with Gasteiger partial charge in [-0.05, 0) is 12.8 Å². The highest BCUT2D eigenvalue weighted by atomic mass is 16.1. The van der Waals surface area contributed by atoms with E-state index in [2.05, 4.69) is 5.32 Å². The summed E-state index contributed by atoms with van der Waals surface area (Å²) in [4.78, 5) is 10.3. The van der Waals surface area contributed by atoms with Crippen molar-refractivity contribution in [3.05, 3.63) is 12.2 Å². The van der Waals surface area contributed by atoms with E-state index in [1.807, 2.05) is 25.0 Å². The number of nitrogens with one attached hydrogen (secondary N) is 1. The minimum Gasteiger partial charge on any atom is -0.342 e. The van der Waals surface area contributed by atoms with E-state index in [9.17, 15) is 4.79 Å². The van der Waals surface area contributed by atoms with E-state index in [1.54, 1.807) is 0 Å². The predicted molar refractivity (Wildman–Crippen MR) is 36.7 cm³/mol. The van der Waals surface area contributed by atoms with Gasteiger partial charge in [0, 0.05) is 6.54 Å². The van der Waals surface area contributed by atoms with Gasteiger partial charge >= 0.3 is 0 Å². The van der Waals surface area contributed by atoms with Gasteiger partial charge < -0.3 is 5.32 Å². The van der Waals surface area contributed by atoms with Crippen LogP contribution in [-0.2, 0) is 4.79 Å². The zero-order chi connectivity index (χ0) is 7.11. The lowest BCUT2D eigenvalue weighted by atomic mass is 10.5. The Kier molecular flexibility index (Phi) is 4.25. The standard InChI is InChI=1S/C7H9NO/c1-3-5-6-8-7(9)4-2/h2-3,5H,6H2,1H3,(H,8,9)/b5-3+. The topological polar surface area (TPSA) is 29.1 Å². The molecule has 0 aromatic heterocycles. The van der Waals surface area contributed by atoms with Gasteiger partial charge in [0.2, 0.25) is 0 Å². The average molecular weight is 123 g/mol. The number of hydrogen-bond acceptors (Lipinski definition) is 1. The van der Waals surface area contributed by atoms with Crippen molar-refractivity contribution < 1.29 is 4.79 Å². The Labute approximate surface area is 54.9 Å². The summed E-state index contributed by atoms with van der Waals surface area (Å²) in [5.74, 6) is 1.57. The molecule has 0 rings (SSSR count). The molecule has 0 aliphatic rings. The van der Waals surface area contributed by atoms with Gasteiger partial charge in [0.05, 0.1) is 0 Å². The summed E-state index contributed by atoms with van der Waals surface area (Å²) in [6, 6.07) is 0. The third-order valence-corrected chi connectivity index (χ3v) is 0.747. The second-order valence-electron chi connectivity index (χ2n) is 1.42. The third kappa shape index (κ3) is 4.63. The quantitative estimate of drug-likeness (QED) is 0.415. The number of rotatable bonds is 2. The summed E-state index contributed by atoms with van der Waals surface area (Å²) < 4.78 is 0. The van der Waals surface area contributed by atoms with Crippen LogP contribution >= 0.6 is 0 Å². The first-order chi connectivity index (χ1) is 4.31. The molecule has 0 spiro atoms. The summed E-state index contributed by atoms with van der Waals surface area (Å²) in [5, 5.41) is 2.47. The lowest BCUT2D eigenvalue weighted by Crippen LogP contribution is -2.20. The van der Waals surface area contributed by atoms with Crippen LogP contribution in [0.15, 0.2) is 12.2 Å². The van der Waals surface area contributed by atoms with Crippen molar-refractivity contribution in [2.75, 3.05) is 6.54 Å². The molecule has 0 saturated heterocycles. The van der Waals surface area contributed by atoms with Crippen molar-refractivity contribution in [1.82, 2.24) is 5.32 Å². The zero-order valence-corrected chi connectivity index (χ0v) is 5.35. The minimum atomic E-state index is -0.367. The lowest BCUT2D eigenvalue weighted by Gasteiger charge is -1.90. The molecule has 2 heteroatoms. The van der Waals surface area contributed by atoms with Gasteiger partial charge in [0.1, 0.15) is 0 Å². The van der Waals surface area contributed by atoms with Gasteiger partial charge in [-0.3, -0.25) is 4.79 Å². The molecule has 0 atom stereocenters. The Hall–Kier alpha value is -1.23. The maximum absolute atomic E-state index is 10.3. The predicted octanol–water partition coefficient (Wildman–Crippen LogP) is 0.312. The van der Waals surface area contributed by atoms with Crippen molar-refractivity contribution in [3.63, 3.8) is 0 Å². The maximum Gasteiger partial charge on any atom is 0.295 e. The molecule has 0 radical (unpaired) electrons. The molecule has 1 amide bonds. The van der Waals surface area contributed by atoms with Crippen molar-refractivity contribution >= 4 is 5.91 Å². The molecule has 2 nitrogen and oxygen atoms in total. The van der Waals surface area contributed by atoms with Gasteiger partial charge in [-0.15, -0.1) is 6.42 Å². The van der Waals surface area contributed by atoms with Crippen molar-refractivity contribution in [1.29, 1.82) is 0 Å². The first kappa shape index (κ1) is 7.77.